The maximum Gasteiger partial charge on any atom is 0.105 e. The van der Waals surface area contributed by atoms with Gasteiger partial charge in [-0.1, -0.05) is 13.3 Å². The molecule has 1 saturated heterocycles. The van der Waals surface area contributed by atoms with Crippen LogP contribution in [0.15, 0.2) is 0 Å². The monoisotopic (exact) mass is 231 g/mol. The Morgan fingerprint density at radius 3 is 2.94 bits per heavy atom. The maximum absolute atomic E-state index is 10.2. The summed E-state index contributed by atoms with van der Waals surface area (Å²) in [4.78, 5) is 0. The lowest BCUT2D eigenvalue weighted by atomic mass is 9.97. The molecule has 4 nitrogen and oxygen atoms in total. The van der Waals surface area contributed by atoms with Crippen LogP contribution in [0.2, 0.25) is 0 Å². The van der Waals surface area contributed by atoms with E-state index < -0.39 is 5.60 Å². The van der Waals surface area contributed by atoms with Gasteiger partial charge in [-0.2, -0.15) is 0 Å². The van der Waals surface area contributed by atoms with E-state index in [1.807, 2.05) is 6.92 Å². The molecule has 2 unspecified atom stereocenters. The smallest absolute Gasteiger partial charge is 0.105 e. The van der Waals surface area contributed by atoms with Crippen molar-refractivity contribution in [2.24, 2.45) is 0 Å². The van der Waals surface area contributed by atoms with Crippen LogP contribution >= 0.6 is 0 Å². The summed E-state index contributed by atoms with van der Waals surface area (Å²) in [5.41, 5.74) is -0.691. The van der Waals surface area contributed by atoms with Crippen LogP contribution < -0.4 is 5.32 Å². The van der Waals surface area contributed by atoms with Crippen molar-refractivity contribution in [2.45, 2.75) is 44.8 Å². The van der Waals surface area contributed by atoms with Crippen LogP contribution in [0.4, 0.5) is 0 Å². The van der Waals surface area contributed by atoms with Crippen molar-refractivity contribution >= 4 is 0 Å². The summed E-state index contributed by atoms with van der Waals surface area (Å²) >= 11 is 0. The van der Waals surface area contributed by atoms with Gasteiger partial charge in [-0.3, -0.25) is 0 Å². The average Bonchev–Trinajstić information content (AvgIpc) is 2.59. The lowest BCUT2D eigenvalue weighted by molar-refractivity contribution is -0.0269. The Balaban J connectivity index is 1.98. The molecule has 1 rings (SSSR count). The first-order valence-electron chi connectivity index (χ1n) is 6.31. The molecule has 16 heavy (non-hydrogen) atoms. The molecule has 0 aromatic carbocycles. The molecule has 2 N–H and O–H groups in total. The van der Waals surface area contributed by atoms with Gasteiger partial charge in [0.05, 0.1) is 12.7 Å². The zero-order valence-electron chi connectivity index (χ0n) is 10.5. The van der Waals surface area contributed by atoms with Gasteiger partial charge >= 0.3 is 0 Å². The molecule has 0 saturated carbocycles. The molecule has 0 spiro atoms. The van der Waals surface area contributed by atoms with Crippen LogP contribution in [-0.4, -0.2) is 49.7 Å². The van der Waals surface area contributed by atoms with Crippen molar-refractivity contribution in [3.63, 3.8) is 0 Å². The number of hydrogen-bond donors (Lipinski definition) is 2. The number of nitrogens with one attached hydrogen (secondary N) is 1. The minimum atomic E-state index is -0.691. The Kier molecular flexibility index (Phi) is 6.28. The molecule has 2 atom stereocenters. The summed E-state index contributed by atoms with van der Waals surface area (Å²) in [5.74, 6) is 0. The molecule has 1 aliphatic rings. The van der Waals surface area contributed by atoms with E-state index in [2.05, 4.69) is 12.2 Å². The number of hydrogen-bond acceptors (Lipinski definition) is 4. The minimum absolute atomic E-state index is 0.0685. The molecule has 0 amide bonds. The SMILES string of the molecule is CCCCOCCNCC1(O)CCOC1C. The normalized spacial score (nSPS) is 29.8. The molecule has 0 bridgehead atoms. The van der Waals surface area contributed by atoms with Crippen molar-refractivity contribution in [3.8, 4) is 0 Å². The van der Waals surface area contributed by atoms with Gasteiger partial charge in [0.25, 0.3) is 0 Å². The third-order valence-electron chi connectivity index (χ3n) is 3.16. The second kappa shape index (κ2) is 7.22. The van der Waals surface area contributed by atoms with Crippen LogP contribution in [0.5, 0.6) is 0 Å². The molecule has 1 fully saturated rings. The summed E-state index contributed by atoms with van der Waals surface area (Å²) in [6.07, 6.45) is 2.94. The highest BCUT2D eigenvalue weighted by Crippen LogP contribution is 2.24. The van der Waals surface area contributed by atoms with E-state index in [4.69, 9.17) is 9.47 Å². The van der Waals surface area contributed by atoms with E-state index in [0.29, 0.717) is 19.8 Å². The van der Waals surface area contributed by atoms with E-state index in [9.17, 15) is 5.11 Å². The molecule has 1 heterocycles. The molecule has 96 valence electrons. The van der Waals surface area contributed by atoms with Gasteiger partial charge < -0.3 is 19.9 Å². The van der Waals surface area contributed by atoms with E-state index in [1.54, 1.807) is 0 Å². The third-order valence-corrected chi connectivity index (χ3v) is 3.16. The average molecular weight is 231 g/mol. The Morgan fingerprint density at radius 1 is 1.50 bits per heavy atom. The molecule has 0 radical (unpaired) electrons. The van der Waals surface area contributed by atoms with Gasteiger partial charge in [-0.05, 0) is 13.3 Å². The fourth-order valence-electron chi connectivity index (χ4n) is 1.80. The van der Waals surface area contributed by atoms with Crippen LogP contribution in [-0.2, 0) is 9.47 Å². The van der Waals surface area contributed by atoms with Crippen molar-refractivity contribution < 1.29 is 14.6 Å². The first-order chi connectivity index (χ1) is 7.69. The second-order valence-corrected chi connectivity index (χ2v) is 4.51. The van der Waals surface area contributed by atoms with Gasteiger partial charge in [-0.15, -0.1) is 0 Å². The summed E-state index contributed by atoms with van der Waals surface area (Å²) in [5, 5.41) is 13.4. The highest BCUT2D eigenvalue weighted by molar-refractivity contribution is 4.91. The number of rotatable bonds is 8. The van der Waals surface area contributed by atoms with Crippen LogP contribution in [0.3, 0.4) is 0 Å². The quantitative estimate of drug-likeness (QED) is 0.610. The topological polar surface area (TPSA) is 50.7 Å². The Hall–Kier alpha value is -0.160. The number of unbranched alkanes of at least 4 members (excludes halogenated alkanes) is 1. The number of ether oxygens (including phenoxy) is 2. The second-order valence-electron chi connectivity index (χ2n) is 4.51. The van der Waals surface area contributed by atoms with E-state index in [1.165, 1.54) is 6.42 Å². The minimum Gasteiger partial charge on any atom is -0.386 e. The first-order valence-corrected chi connectivity index (χ1v) is 6.31. The van der Waals surface area contributed by atoms with E-state index in [0.717, 1.165) is 26.0 Å². The zero-order chi connectivity index (χ0) is 11.9. The van der Waals surface area contributed by atoms with Gasteiger partial charge in [0, 0.05) is 32.7 Å². The Labute approximate surface area is 98.3 Å². The summed E-state index contributed by atoms with van der Waals surface area (Å²) in [6.45, 7) is 7.66. The van der Waals surface area contributed by atoms with Crippen LogP contribution in [0.1, 0.15) is 33.1 Å². The predicted octanol–water partition coefficient (Wildman–Crippen LogP) is 0.933. The molecule has 1 aliphatic heterocycles. The van der Waals surface area contributed by atoms with Crippen molar-refractivity contribution in [1.82, 2.24) is 5.32 Å². The fourth-order valence-corrected chi connectivity index (χ4v) is 1.80. The highest BCUT2D eigenvalue weighted by Gasteiger charge is 2.38. The van der Waals surface area contributed by atoms with E-state index in [-0.39, 0.29) is 6.10 Å². The molecule has 4 heteroatoms. The largest absolute Gasteiger partial charge is 0.386 e. The van der Waals surface area contributed by atoms with Crippen LogP contribution in [0, 0.1) is 0 Å². The maximum atomic E-state index is 10.2. The summed E-state index contributed by atoms with van der Waals surface area (Å²) in [6, 6.07) is 0. The lowest BCUT2D eigenvalue weighted by Gasteiger charge is -2.26. The molecular weight excluding hydrogens is 206 g/mol. The molecule has 0 aliphatic carbocycles. The summed E-state index contributed by atoms with van der Waals surface area (Å²) in [7, 11) is 0. The van der Waals surface area contributed by atoms with Gasteiger partial charge in [0.2, 0.25) is 0 Å². The molecular formula is C12H25NO3. The molecule has 0 aromatic heterocycles. The first kappa shape index (κ1) is 13.9. The zero-order valence-corrected chi connectivity index (χ0v) is 10.5. The van der Waals surface area contributed by atoms with Gasteiger partial charge in [-0.25, -0.2) is 0 Å². The van der Waals surface area contributed by atoms with Crippen molar-refractivity contribution in [3.05, 3.63) is 0 Å². The Morgan fingerprint density at radius 2 is 2.31 bits per heavy atom. The van der Waals surface area contributed by atoms with Gasteiger partial charge in [0.1, 0.15) is 5.60 Å². The van der Waals surface area contributed by atoms with E-state index >= 15 is 0 Å². The fraction of sp³-hybridized carbons (Fsp3) is 1.00. The number of aliphatic hydroxyl groups is 1. The lowest BCUT2D eigenvalue weighted by Crippen LogP contribution is -2.46. The van der Waals surface area contributed by atoms with Crippen molar-refractivity contribution in [1.29, 1.82) is 0 Å². The standard InChI is InChI=1S/C12H25NO3/c1-3-4-7-15-9-6-13-10-12(14)5-8-16-11(12)2/h11,13-14H,3-10H2,1-2H3. The molecule has 0 aromatic rings. The summed E-state index contributed by atoms with van der Waals surface area (Å²) < 4.78 is 10.8. The van der Waals surface area contributed by atoms with Gasteiger partial charge in [0.15, 0.2) is 0 Å². The van der Waals surface area contributed by atoms with Crippen LogP contribution in [0.25, 0.3) is 0 Å². The van der Waals surface area contributed by atoms with Crippen molar-refractivity contribution in [2.75, 3.05) is 32.9 Å². The predicted molar refractivity (Wildman–Crippen MR) is 63.6 cm³/mol. The Bertz CT molecular complexity index is 189. The third kappa shape index (κ3) is 4.37. The highest BCUT2D eigenvalue weighted by atomic mass is 16.5.